The number of hydrogen-bond donors (Lipinski definition) is 2. The molecule has 0 bridgehead atoms. The second-order valence-electron chi connectivity index (χ2n) is 6.08. The summed E-state index contributed by atoms with van der Waals surface area (Å²) in [6.45, 7) is 6.10. The molecule has 22 heavy (non-hydrogen) atoms. The van der Waals surface area contributed by atoms with E-state index in [1.807, 2.05) is 18.2 Å². The fourth-order valence-electron chi connectivity index (χ4n) is 2.93. The standard InChI is InChI=1S/C18H29N3O/c1-2-3-7-12-19-18(22)20-17(15-21-13-8-9-14-21)16-10-5-4-6-11-16/h4-6,10-11,17H,2-3,7-9,12-15H2,1H3,(H2,19,20,22). The predicted molar refractivity (Wildman–Crippen MR) is 90.9 cm³/mol. The summed E-state index contributed by atoms with van der Waals surface area (Å²) in [5, 5.41) is 6.12. The molecule has 1 aromatic rings. The van der Waals surface area contributed by atoms with Gasteiger partial charge in [0.15, 0.2) is 0 Å². The van der Waals surface area contributed by atoms with Gasteiger partial charge in [0.1, 0.15) is 0 Å². The third kappa shape index (κ3) is 5.68. The van der Waals surface area contributed by atoms with Gasteiger partial charge in [-0.25, -0.2) is 4.79 Å². The summed E-state index contributed by atoms with van der Waals surface area (Å²) in [5.41, 5.74) is 1.18. The monoisotopic (exact) mass is 303 g/mol. The Morgan fingerprint density at radius 3 is 2.59 bits per heavy atom. The van der Waals surface area contributed by atoms with Gasteiger partial charge in [-0.1, -0.05) is 50.1 Å². The minimum absolute atomic E-state index is 0.0517. The Kier molecular flexibility index (Phi) is 7.23. The number of likely N-dealkylation sites (tertiary alicyclic amines) is 1. The fraction of sp³-hybridized carbons (Fsp3) is 0.611. The van der Waals surface area contributed by atoms with Crippen molar-refractivity contribution < 1.29 is 4.79 Å². The van der Waals surface area contributed by atoms with Crippen molar-refractivity contribution >= 4 is 6.03 Å². The number of carbonyl (C=O) groups is 1. The molecule has 0 spiro atoms. The average Bonchev–Trinajstić information content (AvgIpc) is 3.05. The van der Waals surface area contributed by atoms with Crippen LogP contribution in [0.1, 0.15) is 50.6 Å². The van der Waals surface area contributed by atoms with Gasteiger partial charge < -0.3 is 15.5 Å². The molecule has 2 amide bonds. The topological polar surface area (TPSA) is 44.4 Å². The third-order valence-electron chi connectivity index (χ3n) is 4.21. The van der Waals surface area contributed by atoms with Crippen LogP contribution in [-0.4, -0.2) is 37.1 Å². The van der Waals surface area contributed by atoms with E-state index in [4.69, 9.17) is 0 Å². The van der Waals surface area contributed by atoms with E-state index in [2.05, 4.69) is 34.6 Å². The Morgan fingerprint density at radius 2 is 1.91 bits per heavy atom. The zero-order chi connectivity index (χ0) is 15.6. The highest BCUT2D eigenvalue weighted by atomic mass is 16.2. The SMILES string of the molecule is CCCCCNC(=O)NC(CN1CCCC1)c1ccccc1. The smallest absolute Gasteiger partial charge is 0.315 e. The number of benzene rings is 1. The third-order valence-corrected chi connectivity index (χ3v) is 4.21. The Balaban J connectivity index is 1.88. The van der Waals surface area contributed by atoms with Crippen LogP contribution in [0.4, 0.5) is 4.79 Å². The van der Waals surface area contributed by atoms with E-state index in [1.165, 1.54) is 24.8 Å². The van der Waals surface area contributed by atoms with Gasteiger partial charge in [0, 0.05) is 13.1 Å². The maximum Gasteiger partial charge on any atom is 0.315 e. The van der Waals surface area contributed by atoms with Gasteiger partial charge in [0.2, 0.25) is 0 Å². The van der Waals surface area contributed by atoms with Gasteiger partial charge in [0.25, 0.3) is 0 Å². The minimum atomic E-state index is -0.0517. The van der Waals surface area contributed by atoms with Crippen molar-refractivity contribution in [3.8, 4) is 0 Å². The molecule has 1 heterocycles. The molecule has 0 radical (unpaired) electrons. The zero-order valence-corrected chi connectivity index (χ0v) is 13.7. The number of hydrogen-bond acceptors (Lipinski definition) is 2. The van der Waals surface area contributed by atoms with E-state index in [-0.39, 0.29) is 12.1 Å². The summed E-state index contributed by atoms with van der Waals surface area (Å²) in [5.74, 6) is 0. The first-order valence-electron chi connectivity index (χ1n) is 8.61. The van der Waals surface area contributed by atoms with Crippen molar-refractivity contribution in [1.29, 1.82) is 0 Å². The zero-order valence-electron chi connectivity index (χ0n) is 13.7. The van der Waals surface area contributed by atoms with Crippen molar-refractivity contribution in [2.45, 2.75) is 45.1 Å². The molecule has 1 saturated heterocycles. The van der Waals surface area contributed by atoms with Crippen LogP contribution in [0.25, 0.3) is 0 Å². The molecule has 2 N–H and O–H groups in total. The number of rotatable bonds is 8. The molecule has 1 unspecified atom stereocenters. The molecule has 122 valence electrons. The van der Waals surface area contributed by atoms with Crippen LogP contribution in [0.3, 0.4) is 0 Å². The van der Waals surface area contributed by atoms with E-state index in [1.54, 1.807) is 0 Å². The molecule has 0 aromatic heterocycles. The fourth-order valence-corrected chi connectivity index (χ4v) is 2.93. The van der Waals surface area contributed by atoms with Gasteiger partial charge in [0.05, 0.1) is 6.04 Å². The summed E-state index contributed by atoms with van der Waals surface area (Å²) >= 11 is 0. The van der Waals surface area contributed by atoms with Crippen LogP contribution in [0, 0.1) is 0 Å². The highest BCUT2D eigenvalue weighted by Gasteiger charge is 2.20. The number of carbonyl (C=O) groups excluding carboxylic acids is 1. The molecule has 1 fully saturated rings. The molecule has 4 heteroatoms. The lowest BCUT2D eigenvalue weighted by molar-refractivity contribution is 0.229. The van der Waals surface area contributed by atoms with Crippen molar-refractivity contribution in [3.05, 3.63) is 35.9 Å². The Labute approximate surface area is 134 Å². The molecule has 2 rings (SSSR count). The normalized spacial score (nSPS) is 16.4. The summed E-state index contributed by atoms with van der Waals surface area (Å²) in [7, 11) is 0. The molecule has 0 saturated carbocycles. The average molecular weight is 303 g/mol. The van der Waals surface area contributed by atoms with Gasteiger partial charge in [-0.05, 0) is 37.9 Å². The second kappa shape index (κ2) is 9.46. The quantitative estimate of drug-likeness (QED) is 0.724. The number of amides is 2. The van der Waals surface area contributed by atoms with E-state index >= 15 is 0 Å². The summed E-state index contributed by atoms with van der Waals surface area (Å²) in [6.07, 6.45) is 5.92. The van der Waals surface area contributed by atoms with Gasteiger partial charge in [-0.2, -0.15) is 0 Å². The Hall–Kier alpha value is -1.55. The van der Waals surface area contributed by atoms with Crippen LogP contribution in [0.2, 0.25) is 0 Å². The highest BCUT2D eigenvalue weighted by molar-refractivity contribution is 5.74. The summed E-state index contributed by atoms with van der Waals surface area (Å²) < 4.78 is 0. The van der Waals surface area contributed by atoms with Crippen molar-refractivity contribution in [2.24, 2.45) is 0 Å². The van der Waals surface area contributed by atoms with Crippen LogP contribution >= 0.6 is 0 Å². The maximum atomic E-state index is 12.1. The highest BCUT2D eigenvalue weighted by Crippen LogP contribution is 2.17. The number of unbranched alkanes of at least 4 members (excludes halogenated alkanes) is 2. The molecule has 1 aliphatic heterocycles. The van der Waals surface area contributed by atoms with Gasteiger partial charge >= 0.3 is 6.03 Å². The molecule has 1 aliphatic rings. The van der Waals surface area contributed by atoms with Crippen molar-refractivity contribution in [2.75, 3.05) is 26.2 Å². The predicted octanol–water partition coefficient (Wildman–Crippen LogP) is 3.31. The molecule has 1 atom stereocenters. The molecule has 1 aromatic carbocycles. The number of urea groups is 1. The first-order chi connectivity index (χ1) is 10.8. The lowest BCUT2D eigenvalue weighted by Crippen LogP contribution is -2.42. The van der Waals surface area contributed by atoms with E-state index in [0.717, 1.165) is 39.0 Å². The second-order valence-corrected chi connectivity index (χ2v) is 6.08. The lowest BCUT2D eigenvalue weighted by atomic mass is 10.1. The van der Waals surface area contributed by atoms with Gasteiger partial charge in [-0.15, -0.1) is 0 Å². The molecule has 4 nitrogen and oxygen atoms in total. The minimum Gasteiger partial charge on any atom is -0.338 e. The van der Waals surface area contributed by atoms with Crippen LogP contribution in [0.15, 0.2) is 30.3 Å². The maximum absolute atomic E-state index is 12.1. The summed E-state index contributed by atoms with van der Waals surface area (Å²) in [4.78, 5) is 14.6. The van der Waals surface area contributed by atoms with E-state index in [0.29, 0.717) is 0 Å². The lowest BCUT2D eigenvalue weighted by Gasteiger charge is -2.25. The van der Waals surface area contributed by atoms with E-state index < -0.39 is 0 Å². The van der Waals surface area contributed by atoms with Crippen LogP contribution in [0.5, 0.6) is 0 Å². The van der Waals surface area contributed by atoms with Gasteiger partial charge in [-0.3, -0.25) is 0 Å². The van der Waals surface area contributed by atoms with Crippen molar-refractivity contribution in [1.82, 2.24) is 15.5 Å². The molecular formula is C18H29N3O. The first-order valence-corrected chi connectivity index (χ1v) is 8.61. The summed E-state index contributed by atoms with van der Waals surface area (Å²) in [6, 6.07) is 10.3. The number of nitrogens with zero attached hydrogens (tertiary/aromatic N) is 1. The van der Waals surface area contributed by atoms with Crippen LogP contribution < -0.4 is 10.6 Å². The van der Waals surface area contributed by atoms with Crippen molar-refractivity contribution in [3.63, 3.8) is 0 Å². The molecule has 0 aliphatic carbocycles. The largest absolute Gasteiger partial charge is 0.338 e. The Bertz CT molecular complexity index is 429. The van der Waals surface area contributed by atoms with Crippen LogP contribution in [-0.2, 0) is 0 Å². The Morgan fingerprint density at radius 1 is 1.18 bits per heavy atom. The molecular weight excluding hydrogens is 274 g/mol. The van der Waals surface area contributed by atoms with E-state index in [9.17, 15) is 4.79 Å². The number of nitrogens with one attached hydrogen (secondary N) is 2. The first kappa shape index (κ1) is 16.8.